The Kier molecular flexibility index (Phi) is 1.94. The molecule has 0 aliphatic heterocycles. The number of carbonyl (C=O) groups is 1. The maximum atomic E-state index is 11.2. The second kappa shape index (κ2) is 2.90. The number of aryl methyl sites for hydroxylation is 1. The van der Waals surface area contributed by atoms with Crippen LogP contribution in [0, 0.1) is 0 Å². The van der Waals surface area contributed by atoms with Crippen LogP contribution < -0.4 is 0 Å². The number of hydrogen-bond donors (Lipinski definition) is 1. The molecule has 1 aromatic rings. The third kappa shape index (κ3) is 1.44. The molecule has 0 amide bonds. The molecule has 1 N–H and O–H groups in total. The van der Waals surface area contributed by atoms with E-state index >= 15 is 0 Å². The predicted octanol–water partition coefficient (Wildman–Crippen LogP) is 1.06. The topological polar surface area (TPSA) is 71.4 Å². The van der Waals surface area contributed by atoms with Gasteiger partial charge in [0.15, 0.2) is 5.78 Å². The molecule has 0 saturated heterocycles. The molecule has 14 heavy (non-hydrogen) atoms. The number of hydrogen-bond acceptors (Lipinski definition) is 3. The third-order valence-electron chi connectivity index (χ3n) is 2.30. The summed E-state index contributed by atoms with van der Waals surface area (Å²) in [6.07, 6.45) is 0.974. The normalized spacial score (nSPS) is 15.6. The highest BCUT2D eigenvalue weighted by Crippen LogP contribution is 2.24. The Morgan fingerprint density at radius 3 is 2.57 bits per heavy atom. The van der Waals surface area contributed by atoms with Gasteiger partial charge in [-0.25, -0.2) is 0 Å². The zero-order valence-electron chi connectivity index (χ0n) is 7.23. The van der Waals surface area contributed by atoms with E-state index in [0.29, 0.717) is 24.0 Å². The summed E-state index contributed by atoms with van der Waals surface area (Å²) in [5.41, 5.74) is 1.27. The van der Waals surface area contributed by atoms with E-state index < -0.39 is 10.1 Å². The van der Waals surface area contributed by atoms with Gasteiger partial charge in [-0.15, -0.1) is 0 Å². The van der Waals surface area contributed by atoms with Crippen LogP contribution in [-0.4, -0.2) is 18.8 Å². The van der Waals surface area contributed by atoms with Crippen LogP contribution in [0.3, 0.4) is 0 Å². The highest BCUT2D eigenvalue weighted by Gasteiger charge is 2.21. The van der Waals surface area contributed by atoms with Crippen LogP contribution >= 0.6 is 0 Å². The minimum Gasteiger partial charge on any atom is -0.294 e. The first-order valence-corrected chi connectivity index (χ1v) is 5.56. The Hall–Kier alpha value is -1.20. The Balaban J connectivity index is 2.58. The summed E-state index contributed by atoms with van der Waals surface area (Å²) in [5, 5.41) is 0. The third-order valence-corrected chi connectivity index (χ3v) is 3.15. The molecule has 0 spiro atoms. The summed E-state index contributed by atoms with van der Waals surface area (Å²) < 4.78 is 30.3. The van der Waals surface area contributed by atoms with Crippen molar-refractivity contribution in [2.75, 3.05) is 0 Å². The first-order chi connectivity index (χ1) is 6.48. The molecular weight excluding hydrogens is 204 g/mol. The Bertz CT molecular complexity index is 502. The van der Waals surface area contributed by atoms with Crippen LogP contribution in [0.2, 0.25) is 0 Å². The molecule has 1 aliphatic carbocycles. The lowest BCUT2D eigenvalue weighted by molar-refractivity contribution is 0.0994. The van der Waals surface area contributed by atoms with E-state index in [2.05, 4.69) is 0 Å². The molecule has 4 nitrogen and oxygen atoms in total. The van der Waals surface area contributed by atoms with Crippen LogP contribution in [0.5, 0.6) is 0 Å². The van der Waals surface area contributed by atoms with Gasteiger partial charge in [-0.3, -0.25) is 9.35 Å². The summed E-state index contributed by atoms with van der Waals surface area (Å²) in [4.78, 5) is 11.1. The molecule has 0 bridgehead atoms. The summed E-state index contributed by atoms with van der Waals surface area (Å²) in [6, 6.07) is 4.06. The molecule has 0 saturated carbocycles. The van der Waals surface area contributed by atoms with Gasteiger partial charge in [0.25, 0.3) is 10.1 Å². The number of benzene rings is 1. The number of carbonyl (C=O) groups excluding carboxylic acids is 1. The lowest BCUT2D eigenvalue weighted by atomic mass is 10.1. The Labute approximate surface area is 81.3 Å². The SMILES string of the molecule is O=C1CCc2cc(S(=O)(=O)O)ccc21. The minimum atomic E-state index is -4.15. The minimum absolute atomic E-state index is 0.0295. The number of rotatable bonds is 1. The largest absolute Gasteiger partial charge is 0.294 e. The van der Waals surface area contributed by atoms with Crippen molar-refractivity contribution in [1.82, 2.24) is 0 Å². The molecular formula is C9H8O4S. The smallest absolute Gasteiger partial charge is 0.294 e. The lowest BCUT2D eigenvalue weighted by Crippen LogP contribution is -1.99. The molecule has 0 atom stereocenters. The highest BCUT2D eigenvalue weighted by molar-refractivity contribution is 7.85. The van der Waals surface area contributed by atoms with E-state index in [9.17, 15) is 13.2 Å². The van der Waals surface area contributed by atoms with Crippen molar-refractivity contribution < 1.29 is 17.8 Å². The molecule has 1 aliphatic rings. The van der Waals surface area contributed by atoms with Gasteiger partial charge < -0.3 is 0 Å². The molecule has 74 valence electrons. The summed E-state index contributed by atoms with van der Waals surface area (Å²) in [7, 11) is -4.15. The van der Waals surface area contributed by atoms with Gasteiger partial charge in [0.2, 0.25) is 0 Å². The van der Waals surface area contributed by atoms with Crippen LogP contribution in [0.4, 0.5) is 0 Å². The van der Waals surface area contributed by atoms with Gasteiger partial charge in [0.1, 0.15) is 0 Å². The molecule has 0 fully saturated rings. The first kappa shape index (κ1) is 9.36. The standard InChI is InChI=1S/C9H8O4S/c10-9-4-1-6-5-7(14(11,12)13)2-3-8(6)9/h2-3,5H,1,4H2,(H,11,12,13). The molecule has 1 aromatic carbocycles. The van der Waals surface area contributed by atoms with Crippen molar-refractivity contribution in [1.29, 1.82) is 0 Å². The van der Waals surface area contributed by atoms with Gasteiger partial charge >= 0.3 is 0 Å². The first-order valence-electron chi connectivity index (χ1n) is 4.12. The second-order valence-electron chi connectivity index (χ2n) is 3.22. The molecule has 0 aromatic heterocycles. The molecule has 0 unspecified atom stereocenters. The van der Waals surface area contributed by atoms with E-state index in [4.69, 9.17) is 4.55 Å². The van der Waals surface area contributed by atoms with Crippen molar-refractivity contribution in [3.05, 3.63) is 29.3 Å². The van der Waals surface area contributed by atoms with Gasteiger partial charge in [-0.05, 0) is 30.2 Å². The summed E-state index contributed by atoms with van der Waals surface area (Å²) in [6.45, 7) is 0. The fraction of sp³-hybridized carbons (Fsp3) is 0.222. The van der Waals surface area contributed by atoms with E-state index in [1.54, 1.807) is 0 Å². The van der Waals surface area contributed by atoms with Crippen molar-refractivity contribution >= 4 is 15.9 Å². The van der Waals surface area contributed by atoms with E-state index in [-0.39, 0.29) is 10.7 Å². The van der Waals surface area contributed by atoms with Gasteiger partial charge in [-0.2, -0.15) is 8.42 Å². The predicted molar refractivity (Wildman–Crippen MR) is 48.9 cm³/mol. The van der Waals surface area contributed by atoms with Crippen LogP contribution in [0.15, 0.2) is 23.1 Å². The fourth-order valence-electron chi connectivity index (χ4n) is 1.59. The maximum Gasteiger partial charge on any atom is 0.294 e. The average molecular weight is 212 g/mol. The Morgan fingerprint density at radius 2 is 1.93 bits per heavy atom. The van der Waals surface area contributed by atoms with E-state index in [1.165, 1.54) is 18.2 Å². The van der Waals surface area contributed by atoms with Gasteiger partial charge in [0, 0.05) is 12.0 Å². The highest BCUT2D eigenvalue weighted by atomic mass is 32.2. The van der Waals surface area contributed by atoms with Crippen molar-refractivity contribution in [3.8, 4) is 0 Å². The molecule has 5 heteroatoms. The lowest BCUT2D eigenvalue weighted by Gasteiger charge is -2.00. The number of Topliss-reactive ketones (excluding diaryl/α,β-unsaturated/α-hetero) is 1. The number of ketones is 1. The average Bonchev–Trinajstić information content (AvgIpc) is 2.46. The number of fused-ring (bicyclic) bond motifs is 1. The fourth-order valence-corrected chi connectivity index (χ4v) is 2.12. The van der Waals surface area contributed by atoms with E-state index in [1.807, 2.05) is 0 Å². The molecule has 0 heterocycles. The van der Waals surface area contributed by atoms with Crippen molar-refractivity contribution in [2.24, 2.45) is 0 Å². The zero-order chi connectivity index (χ0) is 10.3. The second-order valence-corrected chi connectivity index (χ2v) is 4.64. The molecule has 0 radical (unpaired) electrons. The van der Waals surface area contributed by atoms with Crippen molar-refractivity contribution in [2.45, 2.75) is 17.7 Å². The maximum absolute atomic E-state index is 11.2. The molecule has 2 rings (SSSR count). The summed E-state index contributed by atoms with van der Waals surface area (Å²) >= 11 is 0. The Morgan fingerprint density at radius 1 is 1.21 bits per heavy atom. The van der Waals surface area contributed by atoms with Crippen LogP contribution in [0.25, 0.3) is 0 Å². The van der Waals surface area contributed by atoms with Gasteiger partial charge in [-0.1, -0.05) is 0 Å². The zero-order valence-corrected chi connectivity index (χ0v) is 8.04. The quantitative estimate of drug-likeness (QED) is 0.706. The van der Waals surface area contributed by atoms with Gasteiger partial charge in [0.05, 0.1) is 4.90 Å². The van der Waals surface area contributed by atoms with Crippen molar-refractivity contribution in [3.63, 3.8) is 0 Å². The summed E-state index contributed by atoms with van der Waals surface area (Å²) in [5.74, 6) is 0.0295. The monoisotopic (exact) mass is 212 g/mol. The van der Waals surface area contributed by atoms with Crippen LogP contribution in [0.1, 0.15) is 22.3 Å². The van der Waals surface area contributed by atoms with Crippen LogP contribution in [-0.2, 0) is 16.5 Å². The van der Waals surface area contributed by atoms with E-state index in [0.717, 1.165) is 0 Å².